The molecule has 0 spiro atoms. The summed E-state index contributed by atoms with van der Waals surface area (Å²) >= 11 is 3.40. The van der Waals surface area contributed by atoms with Gasteiger partial charge < -0.3 is 10.2 Å². The van der Waals surface area contributed by atoms with Gasteiger partial charge in [0.25, 0.3) is 0 Å². The number of nitrogens with one attached hydrogen (secondary N) is 1. The smallest absolute Gasteiger partial charge is 0.242 e. The Morgan fingerprint density at radius 3 is 2.57 bits per heavy atom. The quantitative estimate of drug-likeness (QED) is 0.924. The molecule has 3 rings (SSSR count). The lowest BCUT2D eigenvalue weighted by Gasteiger charge is -2.29. The summed E-state index contributed by atoms with van der Waals surface area (Å²) in [5.74, 6) is 0.146. The highest BCUT2D eigenvalue weighted by atomic mass is 79.9. The summed E-state index contributed by atoms with van der Waals surface area (Å²) in [5, 5.41) is 3.18. The minimum Gasteiger partial charge on any atom is -0.376 e. The van der Waals surface area contributed by atoms with Crippen LogP contribution < -0.4 is 5.32 Å². The van der Waals surface area contributed by atoms with Gasteiger partial charge in [-0.25, -0.2) is 0 Å². The molecule has 2 aromatic rings. The van der Waals surface area contributed by atoms with Gasteiger partial charge in [-0.1, -0.05) is 40.2 Å². The molecular formula is C17H17BrN2O. The van der Waals surface area contributed by atoms with Crippen molar-refractivity contribution in [3.05, 3.63) is 64.1 Å². The van der Waals surface area contributed by atoms with Crippen LogP contribution in [0, 0.1) is 0 Å². The third-order valence-electron chi connectivity index (χ3n) is 3.77. The molecule has 1 amide bonds. The van der Waals surface area contributed by atoms with E-state index in [0.29, 0.717) is 6.54 Å². The van der Waals surface area contributed by atoms with Crippen LogP contribution in [-0.4, -0.2) is 23.9 Å². The number of carbonyl (C=O) groups is 1. The summed E-state index contributed by atoms with van der Waals surface area (Å²) in [5.41, 5.74) is 3.59. The first-order valence-corrected chi connectivity index (χ1v) is 7.86. The number of benzene rings is 2. The normalized spacial score (nSPS) is 13.7. The third kappa shape index (κ3) is 3.45. The molecule has 0 saturated heterocycles. The number of carbonyl (C=O) groups excluding carboxylic acids is 1. The first-order chi connectivity index (χ1) is 10.2. The molecule has 0 unspecified atom stereocenters. The number of hydrogen-bond donors (Lipinski definition) is 1. The first kappa shape index (κ1) is 14.1. The van der Waals surface area contributed by atoms with Crippen molar-refractivity contribution in [1.29, 1.82) is 0 Å². The van der Waals surface area contributed by atoms with Crippen molar-refractivity contribution in [3.63, 3.8) is 0 Å². The van der Waals surface area contributed by atoms with Crippen molar-refractivity contribution in [2.24, 2.45) is 0 Å². The van der Waals surface area contributed by atoms with Crippen LogP contribution in [-0.2, 0) is 17.8 Å². The molecule has 1 N–H and O–H groups in total. The molecule has 0 saturated carbocycles. The van der Waals surface area contributed by atoms with Gasteiger partial charge >= 0.3 is 0 Å². The van der Waals surface area contributed by atoms with Crippen LogP contribution in [0.5, 0.6) is 0 Å². The van der Waals surface area contributed by atoms with Gasteiger partial charge in [-0.3, -0.25) is 4.79 Å². The van der Waals surface area contributed by atoms with E-state index in [1.807, 2.05) is 35.2 Å². The average molecular weight is 345 g/mol. The molecule has 0 radical (unpaired) electrons. The van der Waals surface area contributed by atoms with Crippen molar-refractivity contribution in [1.82, 2.24) is 4.90 Å². The van der Waals surface area contributed by atoms with Crippen LogP contribution in [0.2, 0.25) is 0 Å². The molecule has 0 atom stereocenters. The van der Waals surface area contributed by atoms with E-state index < -0.39 is 0 Å². The second-order valence-electron chi connectivity index (χ2n) is 5.19. The number of nitrogens with zero attached hydrogens (tertiary/aromatic N) is 1. The molecule has 1 aliphatic heterocycles. The molecular weight excluding hydrogens is 328 g/mol. The van der Waals surface area contributed by atoms with Gasteiger partial charge in [0, 0.05) is 23.2 Å². The SMILES string of the molecule is O=C(CNc1ccc(Br)cc1)N1CCc2ccccc2C1. The van der Waals surface area contributed by atoms with Crippen molar-refractivity contribution >= 4 is 27.5 Å². The zero-order valence-electron chi connectivity index (χ0n) is 11.7. The molecule has 1 heterocycles. The fourth-order valence-electron chi connectivity index (χ4n) is 2.57. The lowest BCUT2D eigenvalue weighted by Crippen LogP contribution is -2.39. The van der Waals surface area contributed by atoms with Crippen molar-refractivity contribution in [3.8, 4) is 0 Å². The van der Waals surface area contributed by atoms with Gasteiger partial charge in [-0.15, -0.1) is 0 Å². The zero-order chi connectivity index (χ0) is 14.7. The van der Waals surface area contributed by atoms with E-state index in [1.165, 1.54) is 11.1 Å². The highest BCUT2D eigenvalue weighted by Gasteiger charge is 2.19. The van der Waals surface area contributed by atoms with Crippen LogP contribution in [0.1, 0.15) is 11.1 Å². The van der Waals surface area contributed by atoms with E-state index in [1.54, 1.807) is 0 Å². The summed E-state index contributed by atoms with van der Waals surface area (Å²) in [7, 11) is 0. The Bertz CT molecular complexity index is 639. The standard InChI is InChI=1S/C17H17BrN2O/c18-15-5-7-16(8-6-15)19-11-17(21)20-10-9-13-3-1-2-4-14(13)12-20/h1-8,19H,9-12H2. The lowest BCUT2D eigenvalue weighted by molar-refractivity contribution is -0.130. The lowest BCUT2D eigenvalue weighted by atomic mass is 10.00. The summed E-state index contributed by atoms with van der Waals surface area (Å²) in [6.07, 6.45) is 0.945. The Hall–Kier alpha value is -1.81. The Labute approximate surface area is 133 Å². The number of anilines is 1. The molecule has 2 aromatic carbocycles. The van der Waals surface area contributed by atoms with Crippen molar-refractivity contribution < 1.29 is 4.79 Å². The van der Waals surface area contributed by atoms with Gasteiger partial charge in [0.2, 0.25) is 5.91 Å². The van der Waals surface area contributed by atoms with E-state index in [0.717, 1.165) is 29.7 Å². The number of halogens is 1. The maximum absolute atomic E-state index is 12.3. The minimum atomic E-state index is 0.146. The third-order valence-corrected chi connectivity index (χ3v) is 4.30. The van der Waals surface area contributed by atoms with E-state index in [9.17, 15) is 4.79 Å². The second kappa shape index (κ2) is 6.31. The van der Waals surface area contributed by atoms with Crippen molar-refractivity contribution in [2.45, 2.75) is 13.0 Å². The highest BCUT2D eigenvalue weighted by Crippen LogP contribution is 2.19. The summed E-state index contributed by atoms with van der Waals surface area (Å²) in [4.78, 5) is 14.2. The van der Waals surface area contributed by atoms with E-state index >= 15 is 0 Å². The van der Waals surface area contributed by atoms with Gasteiger partial charge in [0.05, 0.1) is 6.54 Å². The summed E-state index contributed by atoms with van der Waals surface area (Å²) < 4.78 is 1.03. The minimum absolute atomic E-state index is 0.146. The second-order valence-corrected chi connectivity index (χ2v) is 6.11. The molecule has 108 valence electrons. The number of fused-ring (bicyclic) bond motifs is 1. The Morgan fingerprint density at radius 2 is 1.81 bits per heavy atom. The molecule has 4 heteroatoms. The van der Waals surface area contributed by atoms with Gasteiger partial charge in [0.15, 0.2) is 0 Å². The first-order valence-electron chi connectivity index (χ1n) is 7.06. The van der Waals surface area contributed by atoms with Gasteiger partial charge in [0.1, 0.15) is 0 Å². The Balaban J connectivity index is 1.58. The molecule has 0 aromatic heterocycles. The molecule has 3 nitrogen and oxygen atoms in total. The maximum Gasteiger partial charge on any atom is 0.242 e. The number of hydrogen-bond acceptors (Lipinski definition) is 2. The van der Waals surface area contributed by atoms with E-state index in [-0.39, 0.29) is 5.91 Å². The van der Waals surface area contributed by atoms with E-state index in [2.05, 4.69) is 39.4 Å². The maximum atomic E-state index is 12.3. The fraction of sp³-hybridized carbons (Fsp3) is 0.235. The fourth-order valence-corrected chi connectivity index (χ4v) is 2.83. The topological polar surface area (TPSA) is 32.3 Å². The molecule has 21 heavy (non-hydrogen) atoms. The number of rotatable bonds is 3. The Morgan fingerprint density at radius 1 is 1.10 bits per heavy atom. The van der Waals surface area contributed by atoms with Crippen LogP contribution in [0.4, 0.5) is 5.69 Å². The Kier molecular flexibility index (Phi) is 4.25. The highest BCUT2D eigenvalue weighted by molar-refractivity contribution is 9.10. The number of amides is 1. The average Bonchev–Trinajstić information content (AvgIpc) is 2.53. The van der Waals surface area contributed by atoms with Crippen LogP contribution in [0.15, 0.2) is 53.0 Å². The van der Waals surface area contributed by atoms with E-state index in [4.69, 9.17) is 0 Å². The largest absolute Gasteiger partial charge is 0.376 e. The molecule has 1 aliphatic rings. The van der Waals surface area contributed by atoms with Gasteiger partial charge in [-0.05, 0) is 41.8 Å². The molecule has 0 fully saturated rings. The summed E-state index contributed by atoms with van der Waals surface area (Å²) in [6, 6.07) is 16.2. The predicted molar refractivity (Wildman–Crippen MR) is 88.2 cm³/mol. The molecule has 0 bridgehead atoms. The zero-order valence-corrected chi connectivity index (χ0v) is 13.3. The van der Waals surface area contributed by atoms with Crippen LogP contribution in [0.3, 0.4) is 0 Å². The van der Waals surface area contributed by atoms with Crippen LogP contribution in [0.25, 0.3) is 0 Å². The predicted octanol–water partition coefficient (Wildman–Crippen LogP) is 3.45. The monoisotopic (exact) mass is 344 g/mol. The van der Waals surface area contributed by atoms with Gasteiger partial charge in [-0.2, -0.15) is 0 Å². The molecule has 0 aliphatic carbocycles. The van der Waals surface area contributed by atoms with Crippen LogP contribution >= 0.6 is 15.9 Å². The summed E-state index contributed by atoms with van der Waals surface area (Å²) in [6.45, 7) is 1.86. The van der Waals surface area contributed by atoms with Crippen molar-refractivity contribution in [2.75, 3.05) is 18.4 Å².